The molecule has 0 saturated heterocycles. The number of rotatable bonds is 0. The van der Waals surface area contributed by atoms with Crippen LogP contribution in [0.5, 0.6) is 0 Å². The van der Waals surface area contributed by atoms with Gasteiger partial charge in [0.25, 0.3) is 0 Å². The van der Waals surface area contributed by atoms with Crippen LogP contribution in [0.3, 0.4) is 0 Å². The van der Waals surface area contributed by atoms with Gasteiger partial charge in [-0.3, -0.25) is 0 Å². The smallest absolute Gasteiger partial charge is 0.160 e. The van der Waals surface area contributed by atoms with E-state index in [4.69, 9.17) is 0 Å². The van der Waals surface area contributed by atoms with E-state index >= 15 is 0 Å². The molecule has 1 aliphatic rings. The monoisotopic (exact) mass is 173 g/mol. The fraction of sp³-hybridized carbons (Fsp3) is 0.300. The zero-order valence-electron chi connectivity index (χ0n) is 7.33. The quantitative estimate of drug-likeness (QED) is 0.657. The van der Waals surface area contributed by atoms with Crippen molar-refractivity contribution < 1.29 is 0 Å². The van der Waals surface area contributed by atoms with Crippen molar-refractivity contribution in [3.8, 4) is 0 Å². The van der Waals surface area contributed by atoms with Gasteiger partial charge >= 0.3 is 0 Å². The summed E-state index contributed by atoms with van der Waals surface area (Å²) in [6.45, 7) is 1.07. The Labute approximate surface area is 76.4 Å². The predicted octanol–water partition coefficient (Wildman–Crippen LogP) is 1.69. The van der Waals surface area contributed by atoms with Gasteiger partial charge in [-0.2, -0.15) is 0 Å². The summed E-state index contributed by atoms with van der Waals surface area (Å²) in [6, 6.07) is 2.18. The van der Waals surface area contributed by atoms with Crippen molar-refractivity contribution in [1.82, 2.24) is 9.38 Å². The lowest BCUT2D eigenvalue weighted by molar-refractivity contribution is 0.827. The van der Waals surface area contributed by atoms with E-state index in [1.54, 1.807) is 0 Å². The maximum Gasteiger partial charge on any atom is 0.160 e. The predicted molar refractivity (Wildman–Crippen MR) is 52.0 cm³/mol. The highest BCUT2D eigenvalue weighted by Gasteiger charge is 2.11. The number of nitrogens with zero attached hydrogens (tertiary/aromatic N) is 2. The number of fused-ring (bicyclic) bond motifs is 3. The fourth-order valence-electron chi connectivity index (χ4n) is 1.92. The Bertz CT molecular complexity index is 444. The van der Waals surface area contributed by atoms with Gasteiger partial charge in [0, 0.05) is 25.1 Å². The third kappa shape index (κ3) is 0.932. The van der Waals surface area contributed by atoms with Crippen LogP contribution in [0, 0.1) is 0 Å². The molecule has 0 unspecified atom stereocenters. The summed E-state index contributed by atoms with van der Waals surface area (Å²) in [4.78, 5) is 4.33. The van der Waals surface area contributed by atoms with Crippen LogP contribution >= 0.6 is 0 Å². The van der Waals surface area contributed by atoms with Crippen molar-refractivity contribution >= 4 is 11.3 Å². The zero-order valence-corrected chi connectivity index (χ0v) is 7.33. The van der Waals surface area contributed by atoms with Crippen molar-refractivity contribution in [3.05, 3.63) is 30.2 Å². The number of hydrogen-bond donors (Lipinski definition) is 1. The van der Waals surface area contributed by atoms with Crippen LogP contribution in [0.1, 0.15) is 12.0 Å². The average molecular weight is 173 g/mol. The Morgan fingerprint density at radius 3 is 3.38 bits per heavy atom. The van der Waals surface area contributed by atoms with Gasteiger partial charge in [0.05, 0.1) is 5.69 Å². The van der Waals surface area contributed by atoms with E-state index in [9.17, 15) is 0 Å². The number of pyridine rings is 1. The van der Waals surface area contributed by atoms with E-state index in [0.717, 1.165) is 12.2 Å². The molecule has 2 aromatic heterocycles. The Kier molecular flexibility index (Phi) is 1.33. The van der Waals surface area contributed by atoms with Gasteiger partial charge < -0.3 is 9.72 Å². The molecule has 3 nitrogen and oxygen atoms in total. The SMILES string of the molecule is c1cn2ccc3c(c2n1)NCCC3. The number of nitrogens with one attached hydrogen (secondary N) is 1. The minimum Gasteiger partial charge on any atom is -0.382 e. The summed E-state index contributed by atoms with van der Waals surface area (Å²) in [7, 11) is 0. The number of anilines is 1. The molecule has 0 amide bonds. The van der Waals surface area contributed by atoms with E-state index in [0.29, 0.717) is 0 Å². The molecular formula is C10H11N3. The first kappa shape index (κ1) is 6.95. The highest BCUT2D eigenvalue weighted by Crippen LogP contribution is 2.25. The maximum atomic E-state index is 4.33. The van der Waals surface area contributed by atoms with Crippen LogP contribution in [0.4, 0.5) is 5.69 Å². The lowest BCUT2D eigenvalue weighted by atomic mass is 10.1. The van der Waals surface area contributed by atoms with Crippen molar-refractivity contribution in [2.75, 3.05) is 11.9 Å². The Balaban J connectivity index is 2.34. The molecule has 0 radical (unpaired) electrons. The van der Waals surface area contributed by atoms with E-state index in [-0.39, 0.29) is 0 Å². The van der Waals surface area contributed by atoms with Crippen LogP contribution in [0.25, 0.3) is 5.65 Å². The molecule has 0 bridgehead atoms. The second-order valence-electron chi connectivity index (χ2n) is 3.40. The highest BCUT2D eigenvalue weighted by atomic mass is 15.0. The normalized spacial score (nSPS) is 15.4. The standard InChI is InChI=1S/C10H11N3/c1-2-8-3-6-13-7-5-12-10(13)9(8)11-4-1/h3,5-7,11H,1-2,4H2. The van der Waals surface area contributed by atoms with Gasteiger partial charge in [-0.1, -0.05) is 0 Å². The van der Waals surface area contributed by atoms with Crippen molar-refractivity contribution in [3.63, 3.8) is 0 Å². The molecule has 13 heavy (non-hydrogen) atoms. The lowest BCUT2D eigenvalue weighted by Crippen LogP contribution is -2.12. The van der Waals surface area contributed by atoms with Crippen LogP contribution in [0.15, 0.2) is 24.7 Å². The summed E-state index contributed by atoms with van der Waals surface area (Å²) in [5, 5.41) is 3.41. The van der Waals surface area contributed by atoms with Crippen LogP contribution in [0.2, 0.25) is 0 Å². The molecule has 66 valence electrons. The fourth-order valence-corrected chi connectivity index (χ4v) is 1.92. The van der Waals surface area contributed by atoms with E-state index < -0.39 is 0 Å². The van der Waals surface area contributed by atoms with Crippen LogP contribution < -0.4 is 5.32 Å². The Morgan fingerprint density at radius 2 is 2.38 bits per heavy atom. The Morgan fingerprint density at radius 1 is 1.38 bits per heavy atom. The Hall–Kier alpha value is -1.51. The number of aromatic nitrogens is 2. The second-order valence-corrected chi connectivity index (χ2v) is 3.40. The molecule has 0 spiro atoms. The zero-order chi connectivity index (χ0) is 8.67. The molecule has 3 rings (SSSR count). The van der Waals surface area contributed by atoms with Crippen molar-refractivity contribution in [2.24, 2.45) is 0 Å². The molecule has 1 aliphatic heterocycles. The average Bonchev–Trinajstić information content (AvgIpc) is 2.65. The summed E-state index contributed by atoms with van der Waals surface area (Å²) in [5.74, 6) is 0. The number of aryl methyl sites for hydroxylation is 1. The van der Waals surface area contributed by atoms with Crippen LogP contribution in [-0.4, -0.2) is 15.9 Å². The third-order valence-corrected chi connectivity index (χ3v) is 2.57. The van der Waals surface area contributed by atoms with Gasteiger partial charge in [-0.15, -0.1) is 0 Å². The molecule has 3 heterocycles. The molecule has 3 heteroatoms. The van der Waals surface area contributed by atoms with Crippen molar-refractivity contribution in [1.29, 1.82) is 0 Å². The topological polar surface area (TPSA) is 29.3 Å². The first-order chi connectivity index (χ1) is 6.45. The first-order valence-electron chi connectivity index (χ1n) is 4.63. The molecule has 1 N–H and O–H groups in total. The second kappa shape index (κ2) is 2.49. The molecule has 0 fully saturated rings. The van der Waals surface area contributed by atoms with Gasteiger partial charge in [0.2, 0.25) is 0 Å². The molecule has 0 saturated carbocycles. The van der Waals surface area contributed by atoms with E-state index in [2.05, 4.69) is 27.0 Å². The molecule has 0 atom stereocenters. The molecule has 0 aliphatic carbocycles. The van der Waals surface area contributed by atoms with Gasteiger partial charge in [0.15, 0.2) is 5.65 Å². The highest BCUT2D eigenvalue weighted by molar-refractivity contribution is 5.72. The maximum absolute atomic E-state index is 4.33. The van der Waals surface area contributed by atoms with Gasteiger partial charge in [-0.05, 0) is 24.5 Å². The lowest BCUT2D eigenvalue weighted by Gasteiger charge is -2.17. The molecular weight excluding hydrogens is 162 g/mol. The van der Waals surface area contributed by atoms with Crippen LogP contribution in [-0.2, 0) is 6.42 Å². The van der Waals surface area contributed by atoms with Gasteiger partial charge in [-0.25, -0.2) is 4.98 Å². The van der Waals surface area contributed by atoms with Gasteiger partial charge in [0.1, 0.15) is 0 Å². The van der Waals surface area contributed by atoms with E-state index in [1.165, 1.54) is 24.1 Å². The third-order valence-electron chi connectivity index (χ3n) is 2.57. The summed E-state index contributed by atoms with van der Waals surface area (Å²) >= 11 is 0. The summed E-state index contributed by atoms with van der Waals surface area (Å²) in [5.41, 5.74) is 3.67. The first-order valence-corrected chi connectivity index (χ1v) is 4.63. The van der Waals surface area contributed by atoms with E-state index in [1.807, 2.05) is 12.4 Å². The summed E-state index contributed by atoms with van der Waals surface area (Å²) in [6.07, 6.45) is 8.29. The minimum absolute atomic E-state index is 1.05. The number of imidazole rings is 1. The van der Waals surface area contributed by atoms with Crippen molar-refractivity contribution in [2.45, 2.75) is 12.8 Å². The molecule has 0 aromatic carbocycles. The minimum atomic E-state index is 1.05. The summed E-state index contributed by atoms with van der Waals surface area (Å²) < 4.78 is 2.05. The largest absolute Gasteiger partial charge is 0.382 e. The molecule has 2 aromatic rings. The number of hydrogen-bond acceptors (Lipinski definition) is 2.